The first-order valence-electron chi connectivity index (χ1n) is 6.10. The van der Waals surface area contributed by atoms with Crippen molar-refractivity contribution < 1.29 is 4.79 Å². The SMILES string of the molecule is CC(C)(C#N)c1cc(Cn2cncn2)cc(C(N)=O)c1. The highest BCUT2D eigenvalue weighted by molar-refractivity contribution is 5.93. The molecule has 0 bridgehead atoms. The minimum absolute atomic E-state index is 0.390. The summed E-state index contributed by atoms with van der Waals surface area (Å²) in [6, 6.07) is 7.48. The molecule has 0 aliphatic heterocycles. The first kappa shape index (κ1) is 13.7. The van der Waals surface area contributed by atoms with Crippen LogP contribution < -0.4 is 5.73 Å². The zero-order chi connectivity index (χ0) is 14.8. The summed E-state index contributed by atoms with van der Waals surface area (Å²) in [5, 5.41) is 13.3. The van der Waals surface area contributed by atoms with Gasteiger partial charge in [0.05, 0.1) is 18.0 Å². The van der Waals surface area contributed by atoms with Crippen LogP contribution in [-0.4, -0.2) is 20.7 Å². The van der Waals surface area contributed by atoms with Crippen molar-refractivity contribution in [3.63, 3.8) is 0 Å². The van der Waals surface area contributed by atoms with Gasteiger partial charge in [0.15, 0.2) is 0 Å². The van der Waals surface area contributed by atoms with E-state index < -0.39 is 11.3 Å². The maximum absolute atomic E-state index is 11.4. The molecular weight excluding hydrogens is 254 g/mol. The molecule has 1 amide bonds. The number of nitrogens with zero attached hydrogens (tertiary/aromatic N) is 4. The number of nitrogens with two attached hydrogens (primary N) is 1. The van der Waals surface area contributed by atoms with Crippen LogP contribution in [-0.2, 0) is 12.0 Å². The summed E-state index contributed by atoms with van der Waals surface area (Å²) in [6.45, 7) is 4.06. The third kappa shape index (κ3) is 2.83. The number of primary amides is 1. The number of hydrogen-bond acceptors (Lipinski definition) is 4. The molecule has 0 radical (unpaired) electrons. The minimum Gasteiger partial charge on any atom is -0.366 e. The number of carbonyl (C=O) groups excluding carboxylic acids is 1. The van der Waals surface area contributed by atoms with E-state index in [1.807, 2.05) is 6.07 Å². The van der Waals surface area contributed by atoms with Crippen molar-refractivity contribution in [1.29, 1.82) is 5.26 Å². The van der Waals surface area contributed by atoms with Gasteiger partial charge in [0.2, 0.25) is 5.91 Å². The summed E-state index contributed by atoms with van der Waals surface area (Å²) in [5.41, 5.74) is 6.66. The largest absolute Gasteiger partial charge is 0.366 e. The highest BCUT2D eigenvalue weighted by atomic mass is 16.1. The average molecular weight is 269 g/mol. The van der Waals surface area contributed by atoms with Crippen LogP contribution in [0.2, 0.25) is 0 Å². The second kappa shape index (κ2) is 5.13. The Hall–Kier alpha value is -2.68. The van der Waals surface area contributed by atoms with Crippen LogP contribution >= 0.6 is 0 Å². The van der Waals surface area contributed by atoms with Crippen LogP contribution in [0.5, 0.6) is 0 Å². The Morgan fingerprint density at radius 2 is 2.20 bits per heavy atom. The lowest BCUT2D eigenvalue weighted by atomic mass is 9.84. The summed E-state index contributed by atoms with van der Waals surface area (Å²) in [7, 11) is 0. The highest BCUT2D eigenvalue weighted by Crippen LogP contribution is 2.25. The standard InChI is InChI=1S/C14H15N5O/c1-14(2,7-15)12-4-10(3-11(5-12)13(16)20)6-19-9-17-8-18-19/h3-5,8-9H,6H2,1-2H3,(H2,16,20). The molecule has 6 nitrogen and oxygen atoms in total. The molecule has 0 unspecified atom stereocenters. The molecule has 0 atom stereocenters. The highest BCUT2D eigenvalue weighted by Gasteiger charge is 2.21. The van der Waals surface area contributed by atoms with Gasteiger partial charge >= 0.3 is 0 Å². The fourth-order valence-electron chi connectivity index (χ4n) is 1.85. The Balaban J connectivity index is 2.47. The topological polar surface area (TPSA) is 97.6 Å². The average Bonchev–Trinajstić information content (AvgIpc) is 2.91. The maximum Gasteiger partial charge on any atom is 0.248 e. The Morgan fingerprint density at radius 3 is 2.75 bits per heavy atom. The minimum atomic E-state index is -0.692. The van der Waals surface area contributed by atoms with Gasteiger partial charge in [-0.3, -0.25) is 4.79 Å². The first-order valence-corrected chi connectivity index (χ1v) is 6.10. The molecule has 2 rings (SSSR count). The molecule has 6 heteroatoms. The predicted octanol–water partition coefficient (Wildman–Crippen LogP) is 1.23. The summed E-state index contributed by atoms with van der Waals surface area (Å²) < 4.78 is 1.64. The van der Waals surface area contributed by atoms with Crippen LogP contribution in [0.25, 0.3) is 0 Å². The van der Waals surface area contributed by atoms with Crippen molar-refractivity contribution in [1.82, 2.24) is 14.8 Å². The molecule has 0 saturated carbocycles. The number of nitriles is 1. The number of amides is 1. The molecule has 0 spiro atoms. The van der Waals surface area contributed by atoms with Crippen molar-refractivity contribution in [3.8, 4) is 6.07 Å². The lowest BCUT2D eigenvalue weighted by Gasteiger charge is -2.18. The number of aromatic nitrogens is 3. The fraction of sp³-hybridized carbons (Fsp3) is 0.286. The molecule has 0 saturated heterocycles. The van der Waals surface area contributed by atoms with E-state index in [4.69, 9.17) is 5.73 Å². The maximum atomic E-state index is 11.4. The van der Waals surface area contributed by atoms with Crippen molar-refractivity contribution >= 4 is 5.91 Å². The normalized spacial score (nSPS) is 11.1. The summed E-state index contributed by atoms with van der Waals surface area (Å²) in [4.78, 5) is 15.3. The molecule has 1 aromatic carbocycles. The quantitative estimate of drug-likeness (QED) is 0.902. The second-order valence-corrected chi connectivity index (χ2v) is 5.11. The van der Waals surface area contributed by atoms with Gasteiger partial charge in [0.25, 0.3) is 0 Å². The number of carbonyl (C=O) groups is 1. The predicted molar refractivity (Wildman–Crippen MR) is 72.7 cm³/mol. The van der Waals surface area contributed by atoms with E-state index in [1.54, 1.807) is 37.0 Å². The second-order valence-electron chi connectivity index (χ2n) is 5.11. The summed E-state index contributed by atoms with van der Waals surface area (Å²) in [5.74, 6) is -0.513. The number of rotatable bonds is 4. The molecule has 1 heterocycles. The zero-order valence-electron chi connectivity index (χ0n) is 11.4. The third-order valence-corrected chi connectivity index (χ3v) is 3.09. The van der Waals surface area contributed by atoms with Crippen molar-refractivity contribution in [2.75, 3.05) is 0 Å². The van der Waals surface area contributed by atoms with E-state index in [2.05, 4.69) is 16.2 Å². The van der Waals surface area contributed by atoms with Crippen molar-refractivity contribution in [3.05, 3.63) is 47.5 Å². The van der Waals surface area contributed by atoms with E-state index in [9.17, 15) is 10.1 Å². The van der Waals surface area contributed by atoms with Gasteiger partial charge in [0.1, 0.15) is 12.7 Å². The van der Waals surface area contributed by atoms with Crippen molar-refractivity contribution in [2.45, 2.75) is 25.8 Å². The zero-order valence-corrected chi connectivity index (χ0v) is 11.4. The van der Waals surface area contributed by atoms with E-state index in [0.717, 1.165) is 11.1 Å². The van der Waals surface area contributed by atoms with Crippen LogP contribution in [0, 0.1) is 11.3 Å². The van der Waals surface area contributed by atoms with Crippen LogP contribution in [0.3, 0.4) is 0 Å². The molecule has 2 aromatic rings. The lowest BCUT2D eigenvalue weighted by molar-refractivity contribution is 0.1000. The third-order valence-electron chi connectivity index (χ3n) is 3.09. The summed E-state index contributed by atoms with van der Waals surface area (Å²) in [6.07, 6.45) is 3.03. The van der Waals surface area contributed by atoms with Gasteiger partial charge < -0.3 is 5.73 Å². The molecule has 2 N–H and O–H groups in total. The van der Waals surface area contributed by atoms with Gasteiger partial charge in [-0.2, -0.15) is 10.4 Å². The Kier molecular flexibility index (Phi) is 3.53. The lowest BCUT2D eigenvalue weighted by Crippen LogP contribution is -2.18. The van der Waals surface area contributed by atoms with Crippen molar-refractivity contribution in [2.24, 2.45) is 5.73 Å². The molecule has 20 heavy (non-hydrogen) atoms. The molecular formula is C14H15N5O. The van der Waals surface area contributed by atoms with Gasteiger partial charge in [-0.05, 0) is 37.1 Å². The summed E-state index contributed by atoms with van der Waals surface area (Å²) >= 11 is 0. The van der Waals surface area contributed by atoms with Gasteiger partial charge in [0, 0.05) is 5.56 Å². The van der Waals surface area contributed by atoms with Gasteiger partial charge in [-0.25, -0.2) is 9.67 Å². The molecule has 102 valence electrons. The number of benzene rings is 1. The number of hydrogen-bond donors (Lipinski definition) is 1. The van der Waals surface area contributed by atoms with Crippen LogP contribution in [0.4, 0.5) is 0 Å². The smallest absolute Gasteiger partial charge is 0.248 e. The Bertz CT molecular complexity index is 667. The van der Waals surface area contributed by atoms with E-state index in [0.29, 0.717) is 12.1 Å². The van der Waals surface area contributed by atoms with Gasteiger partial charge in [-0.15, -0.1) is 0 Å². The monoisotopic (exact) mass is 269 g/mol. The van der Waals surface area contributed by atoms with E-state index >= 15 is 0 Å². The Labute approximate surface area is 116 Å². The molecule has 0 aliphatic carbocycles. The fourth-order valence-corrected chi connectivity index (χ4v) is 1.85. The van der Waals surface area contributed by atoms with Gasteiger partial charge in [-0.1, -0.05) is 6.07 Å². The van der Waals surface area contributed by atoms with E-state index in [1.165, 1.54) is 6.33 Å². The molecule has 0 fully saturated rings. The Morgan fingerprint density at radius 1 is 1.45 bits per heavy atom. The molecule has 0 aliphatic rings. The van der Waals surface area contributed by atoms with Crippen LogP contribution in [0.15, 0.2) is 30.9 Å². The first-order chi connectivity index (χ1) is 9.42. The molecule has 1 aromatic heterocycles. The van der Waals surface area contributed by atoms with Crippen LogP contribution in [0.1, 0.15) is 35.3 Å². The van der Waals surface area contributed by atoms with E-state index in [-0.39, 0.29) is 0 Å².